The van der Waals surface area contributed by atoms with Crippen molar-refractivity contribution in [2.45, 2.75) is 51.4 Å². The van der Waals surface area contributed by atoms with Crippen LogP contribution in [0.1, 0.15) is 33.6 Å². The lowest BCUT2D eigenvalue weighted by atomic mass is 10.0. The predicted molar refractivity (Wildman–Crippen MR) is 72.9 cm³/mol. The van der Waals surface area contributed by atoms with Crippen molar-refractivity contribution in [2.75, 3.05) is 39.4 Å². The topological polar surface area (TPSA) is 33.7 Å². The average Bonchev–Trinajstić information content (AvgIpc) is 2.77. The second kappa shape index (κ2) is 6.33. The molecule has 0 bridgehead atoms. The van der Waals surface area contributed by atoms with Crippen LogP contribution in [0.15, 0.2) is 0 Å². The molecule has 18 heavy (non-hydrogen) atoms. The average molecular weight is 256 g/mol. The number of ether oxygens (including phenoxy) is 2. The smallest absolute Gasteiger partial charge is 0.0707 e. The largest absolute Gasteiger partial charge is 0.378 e. The number of nitrogens with one attached hydrogen (secondary N) is 1. The summed E-state index contributed by atoms with van der Waals surface area (Å²) in [4.78, 5) is 2.52. The van der Waals surface area contributed by atoms with E-state index in [0.29, 0.717) is 12.2 Å². The summed E-state index contributed by atoms with van der Waals surface area (Å²) in [5.41, 5.74) is 0.154. The highest BCUT2D eigenvalue weighted by molar-refractivity contribution is 4.87. The second-order valence-electron chi connectivity index (χ2n) is 6.08. The quantitative estimate of drug-likeness (QED) is 0.803. The van der Waals surface area contributed by atoms with Crippen molar-refractivity contribution in [1.82, 2.24) is 10.2 Å². The van der Waals surface area contributed by atoms with Crippen molar-refractivity contribution in [3.8, 4) is 0 Å². The van der Waals surface area contributed by atoms with Crippen LogP contribution >= 0.6 is 0 Å². The third-order valence-electron chi connectivity index (χ3n) is 4.06. The Labute approximate surface area is 111 Å². The molecule has 0 spiro atoms. The summed E-state index contributed by atoms with van der Waals surface area (Å²) in [5.74, 6) is 0. The Hall–Kier alpha value is -0.160. The van der Waals surface area contributed by atoms with Gasteiger partial charge in [0.2, 0.25) is 0 Å². The van der Waals surface area contributed by atoms with Crippen LogP contribution in [0, 0.1) is 0 Å². The first-order chi connectivity index (χ1) is 8.62. The zero-order valence-electron chi connectivity index (χ0n) is 12.1. The molecule has 2 heterocycles. The SMILES string of the molecule is CCNCC1CCC(CN2CCOCC2(C)C)O1. The summed E-state index contributed by atoms with van der Waals surface area (Å²) in [6.45, 7) is 12.5. The van der Waals surface area contributed by atoms with Crippen molar-refractivity contribution in [2.24, 2.45) is 0 Å². The molecular formula is C14H28N2O2. The van der Waals surface area contributed by atoms with Crippen LogP contribution in [-0.4, -0.2) is 62.0 Å². The summed E-state index contributed by atoms with van der Waals surface area (Å²) >= 11 is 0. The highest BCUT2D eigenvalue weighted by atomic mass is 16.5. The maximum absolute atomic E-state index is 6.11. The molecule has 2 fully saturated rings. The molecule has 0 aliphatic carbocycles. The number of hydrogen-bond acceptors (Lipinski definition) is 4. The van der Waals surface area contributed by atoms with Crippen LogP contribution in [0.4, 0.5) is 0 Å². The van der Waals surface area contributed by atoms with Crippen LogP contribution in [0.2, 0.25) is 0 Å². The van der Waals surface area contributed by atoms with E-state index in [1.54, 1.807) is 0 Å². The van der Waals surface area contributed by atoms with Gasteiger partial charge in [-0.25, -0.2) is 0 Å². The van der Waals surface area contributed by atoms with Crippen LogP contribution < -0.4 is 5.32 Å². The Morgan fingerprint density at radius 3 is 2.78 bits per heavy atom. The molecule has 106 valence electrons. The molecule has 2 aliphatic heterocycles. The first-order valence-electron chi connectivity index (χ1n) is 7.31. The number of rotatable bonds is 5. The minimum Gasteiger partial charge on any atom is -0.378 e. The van der Waals surface area contributed by atoms with Gasteiger partial charge >= 0.3 is 0 Å². The van der Waals surface area contributed by atoms with Gasteiger partial charge in [-0.05, 0) is 33.2 Å². The Morgan fingerprint density at radius 1 is 1.28 bits per heavy atom. The van der Waals surface area contributed by atoms with Gasteiger partial charge in [-0.15, -0.1) is 0 Å². The maximum atomic E-state index is 6.11. The van der Waals surface area contributed by atoms with Gasteiger partial charge in [0.1, 0.15) is 0 Å². The minimum absolute atomic E-state index is 0.154. The fourth-order valence-electron chi connectivity index (χ4n) is 2.84. The molecule has 4 nitrogen and oxygen atoms in total. The summed E-state index contributed by atoms with van der Waals surface area (Å²) < 4.78 is 11.7. The lowest BCUT2D eigenvalue weighted by Gasteiger charge is -2.43. The molecule has 0 aromatic heterocycles. The normalized spacial score (nSPS) is 32.8. The Bertz CT molecular complexity index is 258. The zero-order chi connectivity index (χ0) is 13.0. The van der Waals surface area contributed by atoms with Crippen molar-refractivity contribution >= 4 is 0 Å². The van der Waals surface area contributed by atoms with E-state index in [9.17, 15) is 0 Å². The number of morpholine rings is 1. The van der Waals surface area contributed by atoms with E-state index in [4.69, 9.17) is 9.47 Å². The Kier molecular flexibility index (Phi) is 5.01. The van der Waals surface area contributed by atoms with Gasteiger partial charge in [-0.3, -0.25) is 4.90 Å². The van der Waals surface area contributed by atoms with Crippen molar-refractivity contribution in [3.63, 3.8) is 0 Å². The van der Waals surface area contributed by atoms with Gasteiger partial charge in [0.05, 0.1) is 25.4 Å². The number of nitrogens with zero attached hydrogens (tertiary/aromatic N) is 1. The van der Waals surface area contributed by atoms with Crippen molar-refractivity contribution in [3.05, 3.63) is 0 Å². The molecule has 0 aromatic carbocycles. The molecule has 2 rings (SSSR count). The van der Waals surface area contributed by atoms with E-state index in [1.165, 1.54) is 12.8 Å². The Morgan fingerprint density at radius 2 is 2.06 bits per heavy atom. The standard InChI is InChI=1S/C14H28N2O2/c1-4-15-9-12-5-6-13(18-12)10-16-7-8-17-11-14(16,2)3/h12-13,15H,4-11H2,1-3H3. The molecule has 4 heteroatoms. The molecule has 1 N–H and O–H groups in total. The lowest BCUT2D eigenvalue weighted by Crippen LogP contribution is -2.55. The van der Waals surface area contributed by atoms with E-state index in [0.717, 1.165) is 39.4 Å². The van der Waals surface area contributed by atoms with Crippen LogP contribution in [-0.2, 0) is 9.47 Å². The Balaban J connectivity index is 1.76. The van der Waals surface area contributed by atoms with E-state index in [-0.39, 0.29) is 5.54 Å². The molecule has 0 radical (unpaired) electrons. The minimum atomic E-state index is 0.154. The molecule has 0 aromatic rings. The second-order valence-corrected chi connectivity index (χ2v) is 6.08. The third kappa shape index (κ3) is 3.67. The van der Waals surface area contributed by atoms with Crippen molar-refractivity contribution < 1.29 is 9.47 Å². The van der Waals surface area contributed by atoms with Crippen LogP contribution in [0.3, 0.4) is 0 Å². The van der Waals surface area contributed by atoms with Gasteiger partial charge < -0.3 is 14.8 Å². The summed E-state index contributed by atoms with van der Waals surface area (Å²) in [6, 6.07) is 0. The van der Waals surface area contributed by atoms with Crippen LogP contribution in [0.5, 0.6) is 0 Å². The predicted octanol–water partition coefficient (Wildman–Crippen LogP) is 1.25. The van der Waals surface area contributed by atoms with E-state index in [1.807, 2.05) is 0 Å². The van der Waals surface area contributed by atoms with Crippen molar-refractivity contribution in [1.29, 1.82) is 0 Å². The highest BCUT2D eigenvalue weighted by Crippen LogP contribution is 2.25. The van der Waals surface area contributed by atoms with Gasteiger partial charge in [0.25, 0.3) is 0 Å². The maximum Gasteiger partial charge on any atom is 0.0707 e. The fraction of sp³-hybridized carbons (Fsp3) is 1.00. The fourth-order valence-corrected chi connectivity index (χ4v) is 2.84. The monoisotopic (exact) mass is 256 g/mol. The first-order valence-corrected chi connectivity index (χ1v) is 7.31. The molecular weight excluding hydrogens is 228 g/mol. The van der Waals surface area contributed by atoms with Gasteiger partial charge in [-0.1, -0.05) is 6.92 Å². The molecule has 2 saturated heterocycles. The van der Waals surface area contributed by atoms with E-state index >= 15 is 0 Å². The molecule has 2 atom stereocenters. The molecule has 0 saturated carbocycles. The first kappa shape index (κ1) is 14.3. The summed E-state index contributed by atoms with van der Waals surface area (Å²) in [6.07, 6.45) is 3.22. The zero-order valence-corrected chi connectivity index (χ0v) is 12.1. The lowest BCUT2D eigenvalue weighted by molar-refractivity contribution is -0.0747. The summed E-state index contributed by atoms with van der Waals surface area (Å²) in [5, 5.41) is 3.37. The highest BCUT2D eigenvalue weighted by Gasteiger charge is 2.34. The van der Waals surface area contributed by atoms with Gasteiger partial charge in [0, 0.05) is 25.2 Å². The number of likely N-dealkylation sites (N-methyl/N-ethyl adjacent to an activating group) is 1. The van der Waals surface area contributed by atoms with Gasteiger partial charge in [0.15, 0.2) is 0 Å². The van der Waals surface area contributed by atoms with Gasteiger partial charge in [-0.2, -0.15) is 0 Å². The summed E-state index contributed by atoms with van der Waals surface area (Å²) in [7, 11) is 0. The molecule has 0 amide bonds. The number of hydrogen-bond donors (Lipinski definition) is 1. The van der Waals surface area contributed by atoms with Crippen LogP contribution in [0.25, 0.3) is 0 Å². The van der Waals surface area contributed by atoms with E-state index in [2.05, 4.69) is 31.0 Å². The van der Waals surface area contributed by atoms with E-state index < -0.39 is 0 Å². The molecule has 2 unspecified atom stereocenters. The third-order valence-corrected chi connectivity index (χ3v) is 4.06. The molecule has 2 aliphatic rings.